The maximum Gasteiger partial charge on any atom is 1.00 e. The predicted octanol–water partition coefficient (Wildman–Crippen LogP) is -1.07. The molecule has 0 bridgehead atoms. The number of rotatable bonds is 3. The SMILES string of the molecule is N#Cc1cccc(Cc2cccc(S(=O)(=O)[O-])c2)c1C#N.[K+]. The fourth-order valence-electron chi connectivity index (χ4n) is 2.00. The number of benzene rings is 2. The van der Waals surface area contributed by atoms with Crippen LogP contribution in [0.25, 0.3) is 0 Å². The van der Waals surface area contributed by atoms with Gasteiger partial charge in [-0.25, -0.2) is 8.42 Å². The van der Waals surface area contributed by atoms with Crippen molar-refractivity contribution in [2.45, 2.75) is 11.3 Å². The summed E-state index contributed by atoms with van der Waals surface area (Å²) in [5, 5.41) is 18.1. The average Bonchev–Trinajstić information content (AvgIpc) is 2.46. The zero-order chi connectivity index (χ0) is 15.5. The molecule has 0 aromatic heterocycles. The summed E-state index contributed by atoms with van der Waals surface area (Å²) in [5.41, 5.74) is 1.72. The van der Waals surface area contributed by atoms with Gasteiger partial charge in [0, 0.05) is 0 Å². The third-order valence-electron chi connectivity index (χ3n) is 2.96. The molecule has 0 spiro atoms. The largest absolute Gasteiger partial charge is 1.00 e. The molecule has 0 atom stereocenters. The van der Waals surface area contributed by atoms with Gasteiger partial charge in [0.15, 0.2) is 0 Å². The number of hydrogen-bond acceptors (Lipinski definition) is 5. The Hall–Kier alpha value is -1.03. The molecule has 0 N–H and O–H groups in total. The van der Waals surface area contributed by atoms with E-state index in [0.29, 0.717) is 11.1 Å². The summed E-state index contributed by atoms with van der Waals surface area (Å²) >= 11 is 0. The first-order chi connectivity index (χ1) is 9.95. The van der Waals surface area contributed by atoms with Crippen molar-refractivity contribution in [1.29, 1.82) is 10.5 Å². The Kier molecular flexibility index (Phi) is 6.91. The molecule has 0 radical (unpaired) electrons. The molecule has 22 heavy (non-hydrogen) atoms. The third-order valence-corrected chi connectivity index (χ3v) is 3.80. The van der Waals surface area contributed by atoms with Crippen LogP contribution < -0.4 is 51.4 Å². The van der Waals surface area contributed by atoms with Gasteiger partial charge in [-0.05, 0) is 35.7 Å². The van der Waals surface area contributed by atoms with Gasteiger partial charge < -0.3 is 4.55 Å². The minimum absolute atomic E-state index is 0. The van der Waals surface area contributed by atoms with Crippen molar-refractivity contribution in [3.8, 4) is 12.1 Å². The van der Waals surface area contributed by atoms with Crippen molar-refractivity contribution < 1.29 is 64.4 Å². The molecule has 0 aliphatic rings. The van der Waals surface area contributed by atoms with Crippen LogP contribution >= 0.6 is 0 Å². The molecule has 104 valence electrons. The Morgan fingerprint density at radius 3 is 2.32 bits per heavy atom. The van der Waals surface area contributed by atoms with Crippen molar-refractivity contribution >= 4 is 10.1 Å². The Morgan fingerprint density at radius 1 is 1.05 bits per heavy atom. The molecule has 0 saturated carbocycles. The number of nitriles is 2. The van der Waals surface area contributed by atoms with E-state index in [2.05, 4.69) is 0 Å². The molecule has 0 unspecified atom stereocenters. The first kappa shape index (κ1) is 19.0. The van der Waals surface area contributed by atoms with E-state index in [4.69, 9.17) is 10.5 Å². The molecule has 0 aliphatic carbocycles. The summed E-state index contributed by atoms with van der Waals surface area (Å²) in [4.78, 5) is -0.310. The molecule has 0 amide bonds. The van der Waals surface area contributed by atoms with Gasteiger partial charge in [-0.1, -0.05) is 24.3 Å². The van der Waals surface area contributed by atoms with E-state index in [0.717, 1.165) is 0 Å². The van der Waals surface area contributed by atoms with Crippen molar-refractivity contribution in [2.24, 2.45) is 0 Å². The van der Waals surface area contributed by atoms with Crippen molar-refractivity contribution in [2.75, 3.05) is 0 Å². The van der Waals surface area contributed by atoms with Gasteiger partial charge in [-0.3, -0.25) is 0 Å². The van der Waals surface area contributed by atoms with E-state index in [9.17, 15) is 13.0 Å². The van der Waals surface area contributed by atoms with Crippen LogP contribution in [0.3, 0.4) is 0 Å². The first-order valence-electron chi connectivity index (χ1n) is 5.92. The van der Waals surface area contributed by atoms with E-state index in [1.807, 2.05) is 12.1 Å². The molecular formula is C15H9KN2O3S. The Morgan fingerprint density at radius 2 is 1.73 bits per heavy atom. The van der Waals surface area contributed by atoms with Crippen LogP contribution in [-0.2, 0) is 16.5 Å². The van der Waals surface area contributed by atoms with Crippen LogP contribution in [-0.4, -0.2) is 13.0 Å². The summed E-state index contributed by atoms with van der Waals surface area (Å²) in [6.07, 6.45) is 0.266. The van der Waals surface area contributed by atoms with Crippen LogP contribution in [0, 0.1) is 22.7 Å². The molecule has 7 heteroatoms. The van der Waals surface area contributed by atoms with E-state index in [1.54, 1.807) is 24.3 Å². The Labute approximate surface area is 171 Å². The predicted molar refractivity (Wildman–Crippen MR) is 73.1 cm³/mol. The fraction of sp³-hybridized carbons (Fsp3) is 0.0667. The molecule has 5 nitrogen and oxygen atoms in total. The Balaban J connectivity index is 0.00000242. The second kappa shape index (κ2) is 8.00. The van der Waals surface area contributed by atoms with Crippen molar-refractivity contribution in [3.05, 3.63) is 64.7 Å². The fourth-order valence-corrected chi connectivity index (χ4v) is 2.54. The standard InChI is InChI=1S/C15H10N2O3S.K/c16-9-13-5-2-4-12(15(13)10-17)7-11-3-1-6-14(8-11)21(18,19)20;/h1-6,8H,7H2,(H,18,19,20);/q;+1/p-1. The van der Waals surface area contributed by atoms with Crippen LogP contribution in [0.4, 0.5) is 0 Å². The van der Waals surface area contributed by atoms with Crippen LogP contribution in [0.1, 0.15) is 22.3 Å². The first-order valence-corrected chi connectivity index (χ1v) is 7.33. The zero-order valence-corrected chi connectivity index (χ0v) is 15.7. The molecule has 2 rings (SSSR count). The summed E-state index contributed by atoms with van der Waals surface area (Å²) < 4.78 is 33.0. The van der Waals surface area contributed by atoms with Crippen LogP contribution in [0.15, 0.2) is 47.4 Å². The molecular weight excluding hydrogens is 327 g/mol. The second-order valence-electron chi connectivity index (χ2n) is 4.34. The molecule has 2 aromatic carbocycles. The Bertz CT molecular complexity index is 880. The quantitative estimate of drug-likeness (QED) is 0.524. The van der Waals surface area contributed by atoms with Gasteiger partial charge in [0.2, 0.25) is 0 Å². The third kappa shape index (κ3) is 4.48. The molecule has 0 aliphatic heterocycles. The monoisotopic (exact) mass is 336 g/mol. The van der Waals surface area contributed by atoms with Gasteiger partial charge in [0.25, 0.3) is 0 Å². The van der Waals surface area contributed by atoms with Gasteiger partial charge in [-0.15, -0.1) is 0 Å². The topological polar surface area (TPSA) is 105 Å². The van der Waals surface area contributed by atoms with E-state index >= 15 is 0 Å². The number of hydrogen-bond donors (Lipinski definition) is 0. The second-order valence-corrected chi connectivity index (χ2v) is 5.72. The van der Waals surface area contributed by atoms with E-state index in [-0.39, 0.29) is 73.8 Å². The minimum atomic E-state index is -4.51. The van der Waals surface area contributed by atoms with E-state index < -0.39 is 10.1 Å². The van der Waals surface area contributed by atoms with Gasteiger partial charge in [0.05, 0.1) is 16.0 Å². The zero-order valence-electron chi connectivity index (χ0n) is 11.8. The smallest absolute Gasteiger partial charge is 0.744 e. The van der Waals surface area contributed by atoms with Crippen LogP contribution in [0.5, 0.6) is 0 Å². The summed E-state index contributed by atoms with van der Waals surface area (Å²) in [7, 11) is -4.51. The minimum Gasteiger partial charge on any atom is -0.744 e. The maximum atomic E-state index is 11.0. The van der Waals surface area contributed by atoms with Gasteiger partial charge in [0.1, 0.15) is 22.3 Å². The summed E-state index contributed by atoms with van der Waals surface area (Å²) in [6, 6.07) is 14.4. The number of nitrogens with zero attached hydrogens (tertiary/aromatic N) is 2. The summed E-state index contributed by atoms with van der Waals surface area (Å²) in [6.45, 7) is 0. The van der Waals surface area contributed by atoms with Crippen molar-refractivity contribution in [3.63, 3.8) is 0 Å². The van der Waals surface area contributed by atoms with Gasteiger partial charge in [-0.2, -0.15) is 10.5 Å². The average molecular weight is 336 g/mol. The molecule has 2 aromatic rings. The maximum absolute atomic E-state index is 11.0. The van der Waals surface area contributed by atoms with E-state index in [1.165, 1.54) is 18.2 Å². The van der Waals surface area contributed by atoms with Gasteiger partial charge >= 0.3 is 51.4 Å². The van der Waals surface area contributed by atoms with Crippen molar-refractivity contribution in [1.82, 2.24) is 0 Å². The normalized spacial score (nSPS) is 10.1. The molecule has 0 fully saturated rings. The van der Waals surface area contributed by atoms with Crippen LogP contribution in [0.2, 0.25) is 0 Å². The summed E-state index contributed by atoms with van der Waals surface area (Å²) in [5.74, 6) is 0. The molecule has 0 saturated heterocycles. The molecule has 0 heterocycles.